The minimum atomic E-state index is 0.208. The van der Waals surface area contributed by atoms with Gasteiger partial charge in [0.15, 0.2) is 0 Å². The van der Waals surface area contributed by atoms with Crippen molar-refractivity contribution in [3.8, 4) is 0 Å². The summed E-state index contributed by atoms with van der Waals surface area (Å²) in [6, 6.07) is 7.62. The summed E-state index contributed by atoms with van der Waals surface area (Å²) in [4.78, 5) is 0. The van der Waals surface area contributed by atoms with E-state index in [-0.39, 0.29) is 5.90 Å². The SMILES string of the molecule is CCOC(=N)c1ccccc1COC. The first-order chi connectivity index (χ1) is 6.79. The second-order valence-electron chi connectivity index (χ2n) is 2.85. The summed E-state index contributed by atoms with van der Waals surface area (Å²) >= 11 is 0. The largest absolute Gasteiger partial charge is 0.478 e. The highest BCUT2D eigenvalue weighted by atomic mass is 16.5. The Hall–Kier alpha value is -1.35. The lowest BCUT2D eigenvalue weighted by Gasteiger charge is -2.09. The molecule has 14 heavy (non-hydrogen) atoms. The topological polar surface area (TPSA) is 42.3 Å². The zero-order valence-electron chi connectivity index (χ0n) is 8.54. The fraction of sp³-hybridized carbons (Fsp3) is 0.364. The van der Waals surface area contributed by atoms with E-state index in [1.165, 1.54) is 0 Å². The number of nitrogens with one attached hydrogen (secondary N) is 1. The zero-order chi connectivity index (χ0) is 10.4. The Labute approximate surface area is 84.2 Å². The van der Waals surface area contributed by atoms with Crippen molar-refractivity contribution in [3.05, 3.63) is 35.4 Å². The second kappa shape index (κ2) is 5.40. The van der Waals surface area contributed by atoms with Crippen LogP contribution in [0.4, 0.5) is 0 Å². The van der Waals surface area contributed by atoms with E-state index in [0.29, 0.717) is 13.2 Å². The summed E-state index contributed by atoms with van der Waals surface area (Å²) in [7, 11) is 1.64. The normalized spacial score (nSPS) is 9.86. The maximum Gasteiger partial charge on any atom is 0.213 e. The third-order valence-corrected chi connectivity index (χ3v) is 1.85. The van der Waals surface area contributed by atoms with Crippen LogP contribution in [0.25, 0.3) is 0 Å². The Morgan fingerprint density at radius 1 is 1.36 bits per heavy atom. The molecule has 1 aromatic rings. The molecule has 1 N–H and O–H groups in total. The molecule has 0 fully saturated rings. The molecular formula is C11H15NO2. The highest BCUT2D eigenvalue weighted by Crippen LogP contribution is 2.11. The highest BCUT2D eigenvalue weighted by molar-refractivity contribution is 5.93. The van der Waals surface area contributed by atoms with Crippen molar-refractivity contribution in [2.24, 2.45) is 0 Å². The molecule has 0 unspecified atom stereocenters. The predicted molar refractivity (Wildman–Crippen MR) is 55.6 cm³/mol. The van der Waals surface area contributed by atoms with Gasteiger partial charge in [0.1, 0.15) is 0 Å². The summed E-state index contributed by atoms with van der Waals surface area (Å²) in [6.45, 7) is 2.89. The van der Waals surface area contributed by atoms with E-state index in [0.717, 1.165) is 11.1 Å². The highest BCUT2D eigenvalue weighted by Gasteiger charge is 2.07. The van der Waals surface area contributed by atoms with E-state index in [1.54, 1.807) is 7.11 Å². The lowest BCUT2D eigenvalue weighted by Crippen LogP contribution is -2.08. The molecule has 3 heteroatoms. The van der Waals surface area contributed by atoms with Crippen LogP contribution in [0.5, 0.6) is 0 Å². The van der Waals surface area contributed by atoms with E-state index in [4.69, 9.17) is 14.9 Å². The lowest BCUT2D eigenvalue weighted by molar-refractivity contribution is 0.184. The number of methoxy groups -OCH3 is 1. The number of hydrogen-bond acceptors (Lipinski definition) is 3. The van der Waals surface area contributed by atoms with Gasteiger partial charge < -0.3 is 9.47 Å². The average molecular weight is 193 g/mol. The fourth-order valence-electron chi connectivity index (χ4n) is 1.25. The molecule has 0 amide bonds. The molecule has 0 atom stereocenters. The minimum Gasteiger partial charge on any atom is -0.478 e. The van der Waals surface area contributed by atoms with Crippen molar-refractivity contribution in [2.75, 3.05) is 13.7 Å². The van der Waals surface area contributed by atoms with Crippen LogP contribution < -0.4 is 0 Å². The Balaban J connectivity index is 2.88. The lowest BCUT2D eigenvalue weighted by atomic mass is 10.1. The van der Waals surface area contributed by atoms with Crippen LogP contribution in [0, 0.1) is 5.41 Å². The van der Waals surface area contributed by atoms with Gasteiger partial charge in [0.25, 0.3) is 0 Å². The van der Waals surface area contributed by atoms with Gasteiger partial charge in [-0.2, -0.15) is 0 Å². The number of benzene rings is 1. The summed E-state index contributed by atoms with van der Waals surface area (Å²) in [6.07, 6.45) is 0. The Bertz CT molecular complexity index is 310. The predicted octanol–water partition coefficient (Wildman–Crippen LogP) is 2.19. The average Bonchev–Trinajstić information content (AvgIpc) is 2.19. The molecule has 3 nitrogen and oxygen atoms in total. The summed E-state index contributed by atoms with van der Waals surface area (Å²) < 4.78 is 10.2. The summed E-state index contributed by atoms with van der Waals surface area (Å²) in [5, 5.41) is 7.67. The van der Waals surface area contributed by atoms with Gasteiger partial charge in [-0.25, -0.2) is 0 Å². The van der Waals surface area contributed by atoms with Crippen LogP contribution in [-0.2, 0) is 16.1 Å². The molecule has 1 aromatic carbocycles. The van der Waals surface area contributed by atoms with Crippen LogP contribution >= 0.6 is 0 Å². The quantitative estimate of drug-likeness (QED) is 0.588. The number of rotatable bonds is 4. The number of ether oxygens (including phenoxy) is 2. The minimum absolute atomic E-state index is 0.208. The van der Waals surface area contributed by atoms with Crippen molar-refractivity contribution >= 4 is 5.90 Å². The van der Waals surface area contributed by atoms with Gasteiger partial charge in [-0.3, -0.25) is 5.41 Å². The summed E-state index contributed by atoms with van der Waals surface area (Å²) in [5.74, 6) is 0.208. The molecule has 0 bridgehead atoms. The molecule has 0 spiro atoms. The fourth-order valence-corrected chi connectivity index (χ4v) is 1.25. The molecule has 0 radical (unpaired) electrons. The van der Waals surface area contributed by atoms with Crippen LogP contribution in [0.1, 0.15) is 18.1 Å². The van der Waals surface area contributed by atoms with E-state index in [2.05, 4.69) is 0 Å². The van der Waals surface area contributed by atoms with Crippen LogP contribution in [0.3, 0.4) is 0 Å². The van der Waals surface area contributed by atoms with Gasteiger partial charge in [0.2, 0.25) is 5.90 Å². The van der Waals surface area contributed by atoms with Gasteiger partial charge >= 0.3 is 0 Å². The first kappa shape index (κ1) is 10.7. The first-order valence-corrected chi connectivity index (χ1v) is 4.58. The third kappa shape index (κ3) is 2.57. The molecule has 0 aromatic heterocycles. The molecular weight excluding hydrogens is 178 g/mol. The van der Waals surface area contributed by atoms with E-state index in [9.17, 15) is 0 Å². The van der Waals surface area contributed by atoms with E-state index in [1.807, 2.05) is 31.2 Å². The summed E-state index contributed by atoms with van der Waals surface area (Å²) in [5.41, 5.74) is 1.78. The van der Waals surface area contributed by atoms with E-state index >= 15 is 0 Å². The van der Waals surface area contributed by atoms with Gasteiger partial charge in [0, 0.05) is 12.7 Å². The van der Waals surface area contributed by atoms with Gasteiger partial charge in [-0.15, -0.1) is 0 Å². The van der Waals surface area contributed by atoms with Gasteiger partial charge in [-0.05, 0) is 18.6 Å². The van der Waals surface area contributed by atoms with Gasteiger partial charge in [0.05, 0.1) is 13.2 Å². The van der Waals surface area contributed by atoms with Crippen molar-refractivity contribution in [1.82, 2.24) is 0 Å². The van der Waals surface area contributed by atoms with Crippen molar-refractivity contribution < 1.29 is 9.47 Å². The first-order valence-electron chi connectivity index (χ1n) is 4.58. The molecule has 76 valence electrons. The Morgan fingerprint density at radius 3 is 2.71 bits per heavy atom. The van der Waals surface area contributed by atoms with Crippen LogP contribution in [0.15, 0.2) is 24.3 Å². The molecule has 0 aliphatic rings. The van der Waals surface area contributed by atoms with Crippen LogP contribution in [-0.4, -0.2) is 19.6 Å². The smallest absolute Gasteiger partial charge is 0.213 e. The molecule has 0 heterocycles. The van der Waals surface area contributed by atoms with Crippen molar-refractivity contribution in [2.45, 2.75) is 13.5 Å². The Morgan fingerprint density at radius 2 is 2.07 bits per heavy atom. The maximum atomic E-state index is 7.67. The van der Waals surface area contributed by atoms with Crippen LogP contribution in [0.2, 0.25) is 0 Å². The monoisotopic (exact) mass is 193 g/mol. The van der Waals surface area contributed by atoms with Crippen molar-refractivity contribution in [1.29, 1.82) is 5.41 Å². The number of hydrogen-bond donors (Lipinski definition) is 1. The molecule has 0 aliphatic carbocycles. The molecule has 0 saturated carbocycles. The standard InChI is InChI=1S/C11H15NO2/c1-3-14-11(12)10-7-5-4-6-9(10)8-13-2/h4-7,12H,3,8H2,1-2H3. The molecule has 0 saturated heterocycles. The van der Waals surface area contributed by atoms with Crippen molar-refractivity contribution in [3.63, 3.8) is 0 Å². The molecule has 1 rings (SSSR count). The Kier molecular flexibility index (Phi) is 4.13. The third-order valence-electron chi connectivity index (χ3n) is 1.85. The zero-order valence-corrected chi connectivity index (χ0v) is 8.54. The van der Waals surface area contributed by atoms with Gasteiger partial charge in [-0.1, -0.05) is 18.2 Å². The maximum absolute atomic E-state index is 7.67. The molecule has 0 aliphatic heterocycles. The van der Waals surface area contributed by atoms with E-state index < -0.39 is 0 Å². The second-order valence-corrected chi connectivity index (χ2v) is 2.85.